The molecule has 2 aromatic heterocycles. The molecule has 0 unspecified atom stereocenters. The van der Waals surface area contributed by atoms with Crippen LogP contribution in [0.15, 0.2) is 36.0 Å². The van der Waals surface area contributed by atoms with Crippen LogP contribution in [0.1, 0.15) is 22.2 Å². The topological polar surface area (TPSA) is 88.1 Å². The summed E-state index contributed by atoms with van der Waals surface area (Å²) in [6.07, 6.45) is 1.60. The van der Waals surface area contributed by atoms with E-state index in [2.05, 4.69) is 16.0 Å². The van der Waals surface area contributed by atoms with Gasteiger partial charge in [-0.1, -0.05) is 0 Å². The number of methoxy groups -OCH3 is 2. The molecule has 1 fully saturated rings. The van der Waals surface area contributed by atoms with Crippen LogP contribution in [0.4, 0.5) is 5.82 Å². The first kappa shape index (κ1) is 23.9. The number of carbonyl (C=O) groups is 2. The standard InChI is InChI=1S/C24H29N5O4S/c1-17(30)27-6-8-28(9-7-27)23-19(12-18-4-5-20(33-3)13-21(18)26-23)15-29(10-11-32-2)24(31)22-14-25-16-34-22/h4-5,12-14,16H,6-11,15H2,1-3H3. The van der Waals surface area contributed by atoms with E-state index in [1.807, 2.05) is 23.1 Å². The summed E-state index contributed by atoms with van der Waals surface area (Å²) >= 11 is 1.32. The summed E-state index contributed by atoms with van der Waals surface area (Å²) in [6, 6.07) is 7.89. The molecule has 10 heteroatoms. The first-order valence-corrected chi connectivity index (χ1v) is 12.0. The van der Waals surface area contributed by atoms with Gasteiger partial charge in [-0.2, -0.15) is 0 Å². The number of fused-ring (bicyclic) bond motifs is 1. The Hall–Kier alpha value is -3.24. The second kappa shape index (κ2) is 10.8. The summed E-state index contributed by atoms with van der Waals surface area (Å²) in [5, 5.41) is 0.971. The summed E-state index contributed by atoms with van der Waals surface area (Å²) in [7, 11) is 3.26. The number of pyridine rings is 1. The largest absolute Gasteiger partial charge is 0.497 e. The fraction of sp³-hybridized carbons (Fsp3) is 0.417. The predicted molar refractivity (Wildman–Crippen MR) is 131 cm³/mol. The Morgan fingerprint density at radius 1 is 1.15 bits per heavy atom. The molecular formula is C24H29N5O4S. The van der Waals surface area contributed by atoms with Crippen LogP contribution < -0.4 is 9.64 Å². The third kappa shape index (κ3) is 5.28. The van der Waals surface area contributed by atoms with E-state index >= 15 is 0 Å². The molecule has 0 bridgehead atoms. The van der Waals surface area contributed by atoms with Gasteiger partial charge < -0.3 is 24.2 Å². The fourth-order valence-electron chi connectivity index (χ4n) is 4.07. The molecule has 34 heavy (non-hydrogen) atoms. The number of carbonyl (C=O) groups excluding carboxylic acids is 2. The first-order chi connectivity index (χ1) is 16.5. The number of aromatic nitrogens is 2. The van der Waals surface area contributed by atoms with Crippen molar-refractivity contribution in [2.24, 2.45) is 0 Å². The number of amides is 2. The van der Waals surface area contributed by atoms with Gasteiger partial charge in [0.25, 0.3) is 5.91 Å². The van der Waals surface area contributed by atoms with Gasteiger partial charge in [-0.05, 0) is 18.2 Å². The Balaban J connectivity index is 1.70. The van der Waals surface area contributed by atoms with Crippen LogP contribution in [-0.2, 0) is 16.1 Å². The highest BCUT2D eigenvalue weighted by molar-refractivity contribution is 7.11. The summed E-state index contributed by atoms with van der Waals surface area (Å²) in [5.41, 5.74) is 3.43. The maximum Gasteiger partial charge on any atom is 0.265 e. The van der Waals surface area contributed by atoms with Crippen molar-refractivity contribution in [3.8, 4) is 5.75 Å². The van der Waals surface area contributed by atoms with Crippen molar-refractivity contribution < 1.29 is 19.1 Å². The molecule has 0 radical (unpaired) electrons. The van der Waals surface area contributed by atoms with Gasteiger partial charge in [-0.25, -0.2) is 4.98 Å². The van der Waals surface area contributed by atoms with Crippen LogP contribution in [0.2, 0.25) is 0 Å². The first-order valence-electron chi connectivity index (χ1n) is 11.1. The third-order valence-corrected chi connectivity index (χ3v) is 6.72. The highest BCUT2D eigenvalue weighted by atomic mass is 32.1. The number of piperazine rings is 1. The van der Waals surface area contributed by atoms with Crippen molar-refractivity contribution in [2.45, 2.75) is 13.5 Å². The van der Waals surface area contributed by atoms with Gasteiger partial charge >= 0.3 is 0 Å². The number of hydrogen-bond donors (Lipinski definition) is 0. The SMILES string of the molecule is COCCN(Cc1cc2ccc(OC)cc2nc1N1CCN(C(C)=O)CC1)C(=O)c1cncs1. The Labute approximate surface area is 202 Å². The molecule has 0 atom stereocenters. The summed E-state index contributed by atoms with van der Waals surface area (Å²) in [4.78, 5) is 40.5. The molecule has 1 saturated heterocycles. The number of thiazole rings is 1. The maximum absolute atomic E-state index is 13.2. The number of nitrogens with zero attached hydrogens (tertiary/aromatic N) is 5. The minimum Gasteiger partial charge on any atom is -0.497 e. The zero-order valence-corrected chi connectivity index (χ0v) is 20.5. The van der Waals surface area contributed by atoms with E-state index in [0.29, 0.717) is 50.8 Å². The van der Waals surface area contributed by atoms with Gasteiger partial charge in [0.05, 0.1) is 30.9 Å². The van der Waals surface area contributed by atoms with Gasteiger partial charge in [0, 0.05) is 70.3 Å². The molecule has 9 nitrogen and oxygen atoms in total. The second-order valence-corrected chi connectivity index (χ2v) is 8.99. The monoisotopic (exact) mass is 483 g/mol. The van der Waals surface area contributed by atoms with Gasteiger partial charge in [-0.3, -0.25) is 14.6 Å². The minimum absolute atomic E-state index is 0.0805. The van der Waals surface area contributed by atoms with Crippen molar-refractivity contribution in [1.29, 1.82) is 0 Å². The van der Waals surface area contributed by atoms with E-state index in [1.165, 1.54) is 11.3 Å². The molecule has 4 rings (SSSR count). The highest BCUT2D eigenvalue weighted by Crippen LogP contribution is 2.29. The normalized spacial score (nSPS) is 13.9. The lowest BCUT2D eigenvalue weighted by molar-refractivity contribution is -0.129. The van der Waals surface area contributed by atoms with Crippen LogP contribution in [0.5, 0.6) is 5.75 Å². The lowest BCUT2D eigenvalue weighted by Crippen LogP contribution is -2.48. The number of hydrogen-bond acceptors (Lipinski definition) is 8. The molecule has 1 aromatic carbocycles. The van der Waals surface area contributed by atoms with E-state index in [-0.39, 0.29) is 11.8 Å². The molecule has 1 aliphatic rings. The lowest BCUT2D eigenvalue weighted by atomic mass is 10.1. The summed E-state index contributed by atoms with van der Waals surface area (Å²) in [5.74, 6) is 1.56. The average Bonchev–Trinajstić information content (AvgIpc) is 3.40. The molecule has 0 aliphatic carbocycles. The van der Waals surface area contributed by atoms with Crippen molar-refractivity contribution in [1.82, 2.24) is 19.8 Å². The van der Waals surface area contributed by atoms with Crippen molar-refractivity contribution in [3.05, 3.63) is 46.4 Å². The molecule has 3 heterocycles. The van der Waals surface area contributed by atoms with E-state index < -0.39 is 0 Å². The smallest absolute Gasteiger partial charge is 0.265 e. The Kier molecular flexibility index (Phi) is 7.59. The second-order valence-electron chi connectivity index (χ2n) is 8.11. The zero-order chi connectivity index (χ0) is 24.1. The molecule has 1 aliphatic heterocycles. The quantitative estimate of drug-likeness (QED) is 0.487. The molecule has 0 spiro atoms. The molecule has 2 amide bonds. The Bertz CT molecular complexity index is 1150. The third-order valence-electron chi connectivity index (χ3n) is 5.96. The molecule has 0 saturated carbocycles. The number of benzene rings is 1. The number of ether oxygens (including phenoxy) is 2. The maximum atomic E-state index is 13.2. The van der Waals surface area contributed by atoms with Gasteiger partial charge in [0.2, 0.25) is 5.91 Å². The van der Waals surface area contributed by atoms with Crippen LogP contribution in [0, 0.1) is 0 Å². The van der Waals surface area contributed by atoms with Gasteiger partial charge in [-0.15, -0.1) is 11.3 Å². The predicted octanol–water partition coefficient (Wildman–Crippen LogP) is 2.66. The molecule has 3 aromatic rings. The fourth-order valence-corrected chi connectivity index (χ4v) is 4.65. The Morgan fingerprint density at radius 3 is 2.59 bits per heavy atom. The van der Waals surface area contributed by atoms with Crippen LogP contribution in [0.25, 0.3) is 10.9 Å². The molecule has 180 valence electrons. The van der Waals surface area contributed by atoms with Crippen LogP contribution >= 0.6 is 11.3 Å². The zero-order valence-electron chi connectivity index (χ0n) is 19.7. The van der Waals surface area contributed by atoms with E-state index in [0.717, 1.165) is 28.0 Å². The highest BCUT2D eigenvalue weighted by Gasteiger charge is 2.25. The average molecular weight is 484 g/mol. The number of rotatable bonds is 8. The van der Waals surface area contributed by atoms with Crippen molar-refractivity contribution >= 4 is 39.9 Å². The van der Waals surface area contributed by atoms with Gasteiger partial charge in [0.1, 0.15) is 16.4 Å². The minimum atomic E-state index is -0.0817. The number of anilines is 1. The molecular weight excluding hydrogens is 454 g/mol. The van der Waals surface area contributed by atoms with E-state index in [4.69, 9.17) is 14.5 Å². The molecule has 0 N–H and O–H groups in total. The summed E-state index contributed by atoms with van der Waals surface area (Å²) < 4.78 is 10.7. The van der Waals surface area contributed by atoms with E-state index in [1.54, 1.807) is 37.8 Å². The van der Waals surface area contributed by atoms with Crippen molar-refractivity contribution in [3.63, 3.8) is 0 Å². The Morgan fingerprint density at radius 2 is 1.94 bits per heavy atom. The van der Waals surface area contributed by atoms with Crippen LogP contribution in [-0.4, -0.2) is 85.1 Å². The summed E-state index contributed by atoms with van der Waals surface area (Å²) in [6.45, 7) is 5.49. The van der Waals surface area contributed by atoms with Gasteiger partial charge in [0.15, 0.2) is 0 Å². The van der Waals surface area contributed by atoms with Crippen molar-refractivity contribution in [2.75, 3.05) is 58.5 Å². The lowest BCUT2D eigenvalue weighted by Gasteiger charge is -2.36. The van der Waals surface area contributed by atoms with Crippen LogP contribution in [0.3, 0.4) is 0 Å². The van der Waals surface area contributed by atoms with E-state index in [9.17, 15) is 9.59 Å².